The van der Waals surface area contributed by atoms with Gasteiger partial charge in [0.05, 0.1) is 0 Å². The third kappa shape index (κ3) is 5.21. The van der Waals surface area contributed by atoms with Crippen LogP contribution in [0.4, 0.5) is 5.13 Å². The third-order valence-electron chi connectivity index (χ3n) is 3.79. The highest BCUT2D eigenvalue weighted by Gasteiger charge is 2.12. The van der Waals surface area contributed by atoms with Crippen LogP contribution in [0.2, 0.25) is 0 Å². The minimum absolute atomic E-state index is 0.145. The van der Waals surface area contributed by atoms with Crippen molar-refractivity contribution in [1.82, 2.24) is 15.5 Å². The molecule has 0 radical (unpaired) electrons. The first-order valence-corrected chi connectivity index (χ1v) is 9.87. The van der Waals surface area contributed by atoms with E-state index >= 15 is 0 Å². The Kier molecular flexibility index (Phi) is 6.31. The molecule has 1 heterocycles. The molecule has 0 saturated carbocycles. The van der Waals surface area contributed by atoms with Crippen molar-refractivity contribution in [3.05, 3.63) is 74.7 Å². The molecule has 138 valence electrons. The number of hydrogen-bond acceptors (Lipinski definition) is 5. The maximum absolute atomic E-state index is 12.3. The summed E-state index contributed by atoms with van der Waals surface area (Å²) in [4.78, 5) is 24.4. The van der Waals surface area contributed by atoms with Crippen LogP contribution in [0.3, 0.4) is 0 Å². The summed E-state index contributed by atoms with van der Waals surface area (Å²) in [6, 6.07) is 14.6. The zero-order valence-electron chi connectivity index (χ0n) is 14.5. The van der Waals surface area contributed by atoms with E-state index in [-0.39, 0.29) is 11.8 Å². The molecule has 0 aliphatic carbocycles. The first-order chi connectivity index (χ1) is 13.0. The van der Waals surface area contributed by atoms with Crippen LogP contribution in [0, 0.1) is 6.92 Å². The van der Waals surface area contributed by atoms with Gasteiger partial charge in [-0.25, -0.2) is 0 Å². The Morgan fingerprint density at radius 3 is 2.67 bits per heavy atom. The Labute approximate surface area is 169 Å². The zero-order valence-corrected chi connectivity index (χ0v) is 16.9. The van der Waals surface area contributed by atoms with E-state index in [0.717, 1.165) is 15.0 Å². The average Bonchev–Trinajstić information content (AvgIpc) is 3.09. The summed E-state index contributed by atoms with van der Waals surface area (Å²) in [7, 11) is 0. The van der Waals surface area contributed by atoms with Crippen molar-refractivity contribution >= 4 is 44.2 Å². The number of rotatable bonds is 6. The summed E-state index contributed by atoms with van der Waals surface area (Å²) in [5.74, 6) is -0.354. The molecular formula is C19H17BrN4O2S. The number of carbonyl (C=O) groups is 2. The smallest absolute Gasteiger partial charge is 0.257 e. The van der Waals surface area contributed by atoms with Gasteiger partial charge in [0.1, 0.15) is 5.01 Å². The van der Waals surface area contributed by atoms with Crippen molar-refractivity contribution in [1.29, 1.82) is 0 Å². The molecular weight excluding hydrogens is 428 g/mol. The van der Waals surface area contributed by atoms with Crippen LogP contribution < -0.4 is 10.6 Å². The van der Waals surface area contributed by atoms with E-state index in [1.807, 2.05) is 37.3 Å². The molecule has 0 spiro atoms. The van der Waals surface area contributed by atoms with Gasteiger partial charge in [-0.05, 0) is 36.8 Å². The number of nitrogens with one attached hydrogen (secondary N) is 2. The molecule has 0 aliphatic rings. The molecule has 0 saturated heterocycles. The number of hydrogen-bond donors (Lipinski definition) is 2. The molecule has 3 aromatic rings. The van der Waals surface area contributed by atoms with Gasteiger partial charge in [0.2, 0.25) is 5.13 Å². The fourth-order valence-electron chi connectivity index (χ4n) is 2.41. The number of halogens is 1. The van der Waals surface area contributed by atoms with Gasteiger partial charge in [0.25, 0.3) is 11.8 Å². The van der Waals surface area contributed by atoms with Gasteiger partial charge in [-0.15, -0.1) is 10.2 Å². The Balaban J connectivity index is 1.52. The van der Waals surface area contributed by atoms with E-state index in [2.05, 4.69) is 36.8 Å². The molecule has 0 fully saturated rings. The van der Waals surface area contributed by atoms with Crippen molar-refractivity contribution in [3.8, 4) is 0 Å². The predicted octanol–water partition coefficient (Wildman–Crippen LogP) is 3.83. The standard InChI is InChI=1S/C19H17BrN4O2S/c1-12-5-2-3-8-15(12)18(26)22-19-24-23-16(27-19)9-10-21-17(25)13-6-4-7-14(20)11-13/h2-8,11H,9-10H2,1H3,(H,21,25)(H,22,24,26). The maximum atomic E-state index is 12.3. The Morgan fingerprint density at radius 1 is 1.07 bits per heavy atom. The van der Waals surface area contributed by atoms with Crippen LogP contribution in [0.15, 0.2) is 53.0 Å². The second-order valence-electron chi connectivity index (χ2n) is 5.79. The van der Waals surface area contributed by atoms with Gasteiger partial charge >= 0.3 is 0 Å². The largest absolute Gasteiger partial charge is 0.352 e. The highest BCUT2D eigenvalue weighted by atomic mass is 79.9. The number of carbonyl (C=O) groups excluding carboxylic acids is 2. The van der Waals surface area contributed by atoms with Gasteiger partial charge in [0, 0.05) is 28.6 Å². The Bertz CT molecular complexity index is 974. The molecule has 0 aliphatic heterocycles. The molecule has 6 nitrogen and oxygen atoms in total. The molecule has 0 unspecified atom stereocenters. The summed E-state index contributed by atoms with van der Waals surface area (Å²) in [5.41, 5.74) is 2.10. The number of nitrogens with zero attached hydrogens (tertiary/aromatic N) is 2. The lowest BCUT2D eigenvalue weighted by molar-refractivity contribution is 0.0953. The molecule has 8 heteroatoms. The van der Waals surface area contributed by atoms with Crippen LogP contribution in [0.25, 0.3) is 0 Å². The molecule has 0 bridgehead atoms. The lowest BCUT2D eigenvalue weighted by atomic mass is 10.1. The first kappa shape index (κ1) is 19.2. The van der Waals surface area contributed by atoms with E-state index in [4.69, 9.17) is 0 Å². The van der Waals surface area contributed by atoms with Crippen LogP contribution in [-0.2, 0) is 6.42 Å². The van der Waals surface area contributed by atoms with E-state index < -0.39 is 0 Å². The minimum atomic E-state index is -0.209. The van der Waals surface area contributed by atoms with Crippen LogP contribution >= 0.6 is 27.3 Å². The molecule has 2 N–H and O–H groups in total. The number of aryl methyl sites for hydroxylation is 1. The SMILES string of the molecule is Cc1ccccc1C(=O)Nc1nnc(CCNC(=O)c2cccc(Br)c2)s1. The highest BCUT2D eigenvalue weighted by molar-refractivity contribution is 9.10. The number of aromatic nitrogens is 2. The molecule has 0 atom stereocenters. The number of anilines is 1. The minimum Gasteiger partial charge on any atom is -0.352 e. The van der Waals surface area contributed by atoms with Gasteiger partial charge in [-0.1, -0.05) is 51.5 Å². The lowest BCUT2D eigenvalue weighted by Gasteiger charge is -2.04. The van der Waals surface area contributed by atoms with Gasteiger partial charge in [0.15, 0.2) is 0 Å². The zero-order chi connectivity index (χ0) is 19.2. The van der Waals surface area contributed by atoms with Crippen molar-refractivity contribution in [2.75, 3.05) is 11.9 Å². The van der Waals surface area contributed by atoms with Gasteiger partial charge in [-0.2, -0.15) is 0 Å². The summed E-state index contributed by atoms with van der Waals surface area (Å²) < 4.78 is 0.855. The van der Waals surface area contributed by atoms with E-state index in [0.29, 0.717) is 29.2 Å². The van der Waals surface area contributed by atoms with Crippen LogP contribution in [-0.4, -0.2) is 28.6 Å². The quantitative estimate of drug-likeness (QED) is 0.604. The molecule has 27 heavy (non-hydrogen) atoms. The first-order valence-electron chi connectivity index (χ1n) is 8.26. The third-order valence-corrected chi connectivity index (χ3v) is 5.18. The van der Waals surface area contributed by atoms with Crippen LogP contribution in [0.1, 0.15) is 31.3 Å². The molecule has 1 aromatic heterocycles. The van der Waals surface area contributed by atoms with Crippen molar-refractivity contribution in [3.63, 3.8) is 0 Å². The van der Waals surface area contributed by atoms with Crippen molar-refractivity contribution < 1.29 is 9.59 Å². The topological polar surface area (TPSA) is 84.0 Å². The summed E-state index contributed by atoms with van der Waals surface area (Å²) in [6.07, 6.45) is 0.539. The predicted molar refractivity (Wildman–Crippen MR) is 109 cm³/mol. The fraction of sp³-hybridized carbons (Fsp3) is 0.158. The van der Waals surface area contributed by atoms with Crippen molar-refractivity contribution in [2.24, 2.45) is 0 Å². The summed E-state index contributed by atoms with van der Waals surface area (Å²) in [5, 5.41) is 14.9. The lowest BCUT2D eigenvalue weighted by Crippen LogP contribution is -2.25. The second-order valence-corrected chi connectivity index (χ2v) is 7.76. The van der Waals surface area contributed by atoms with E-state index in [1.165, 1.54) is 11.3 Å². The molecule has 3 rings (SSSR count). The van der Waals surface area contributed by atoms with E-state index in [1.54, 1.807) is 18.2 Å². The van der Waals surface area contributed by atoms with Gasteiger partial charge < -0.3 is 5.32 Å². The number of amides is 2. The second kappa shape index (κ2) is 8.88. The van der Waals surface area contributed by atoms with Crippen molar-refractivity contribution in [2.45, 2.75) is 13.3 Å². The number of benzene rings is 2. The molecule has 2 aromatic carbocycles. The average molecular weight is 445 g/mol. The van der Waals surface area contributed by atoms with E-state index in [9.17, 15) is 9.59 Å². The highest BCUT2D eigenvalue weighted by Crippen LogP contribution is 2.17. The fourth-order valence-corrected chi connectivity index (χ4v) is 3.55. The van der Waals surface area contributed by atoms with Crippen LogP contribution in [0.5, 0.6) is 0 Å². The monoisotopic (exact) mass is 444 g/mol. The normalized spacial score (nSPS) is 10.4. The Hall–Kier alpha value is -2.58. The summed E-state index contributed by atoms with van der Waals surface area (Å²) in [6.45, 7) is 2.32. The maximum Gasteiger partial charge on any atom is 0.257 e. The van der Waals surface area contributed by atoms with Gasteiger partial charge in [-0.3, -0.25) is 14.9 Å². The summed E-state index contributed by atoms with van der Waals surface area (Å²) >= 11 is 4.65. The molecule has 2 amide bonds. The Morgan fingerprint density at radius 2 is 1.89 bits per heavy atom.